The number of nitrogens with zero attached hydrogens (tertiary/aromatic N) is 3. The number of aromatic nitrogens is 1. The van der Waals surface area contributed by atoms with E-state index in [2.05, 4.69) is 9.88 Å². The molecule has 1 aliphatic heterocycles. The molecule has 2 rings (SSSR count). The molecule has 0 bridgehead atoms. The van der Waals surface area contributed by atoms with Crippen LogP contribution in [0.15, 0.2) is 24.4 Å². The van der Waals surface area contributed by atoms with Crippen molar-refractivity contribution in [1.82, 2.24) is 9.88 Å². The van der Waals surface area contributed by atoms with Crippen molar-refractivity contribution in [3.63, 3.8) is 0 Å². The van der Waals surface area contributed by atoms with Crippen molar-refractivity contribution in [3.05, 3.63) is 24.4 Å². The van der Waals surface area contributed by atoms with Gasteiger partial charge in [0.15, 0.2) is 0 Å². The number of amides is 1. The van der Waals surface area contributed by atoms with Crippen molar-refractivity contribution in [1.29, 1.82) is 0 Å². The fourth-order valence-corrected chi connectivity index (χ4v) is 2.51. The Kier molecular flexibility index (Phi) is 4.70. The molecule has 0 spiro atoms. The summed E-state index contributed by atoms with van der Waals surface area (Å²) in [4.78, 5) is 20.5. The predicted octanol–water partition coefficient (Wildman–Crippen LogP) is 2.92. The first-order valence-corrected chi connectivity index (χ1v) is 7.48. The van der Waals surface area contributed by atoms with Gasteiger partial charge in [0, 0.05) is 32.4 Å². The molecule has 21 heavy (non-hydrogen) atoms. The lowest BCUT2D eigenvalue weighted by Crippen LogP contribution is -2.47. The summed E-state index contributed by atoms with van der Waals surface area (Å²) in [6.07, 6.45) is 3.45. The van der Waals surface area contributed by atoms with E-state index in [1.165, 1.54) is 0 Å². The van der Waals surface area contributed by atoms with Crippen LogP contribution in [0.25, 0.3) is 0 Å². The Morgan fingerprint density at radius 1 is 1.33 bits per heavy atom. The first-order valence-electron chi connectivity index (χ1n) is 7.48. The zero-order valence-corrected chi connectivity index (χ0v) is 13.4. The minimum atomic E-state index is -0.444. The number of piperidine rings is 1. The van der Waals surface area contributed by atoms with Gasteiger partial charge in [0.2, 0.25) is 0 Å². The van der Waals surface area contributed by atoms with Crippen molar-refractivity contribution in [2.75, 3.05) is 25.0 Å². The molecule has 1 fully saturated rings. The summed E-state index contributed by atoms with van der Waals surface area (Å²) >= 11 is 0. The van der Waals surface area contributed by atoms with Gasteiger partial charge in [-0.1, -0.05) is 6.07 Å². The summed E-state index contributed by atoms with van der Waals surface area (Å²) in [6.45, 7) is 7.50. The van der Waals surface area contributed by atoms with Gasteiger partial charge in [0.25, 0.3) is 0 Å². The van der Waals surface area contributed by atoms with Gasteiger partial charge >= 0.3 is 6.09 Å². The topological polar surface area (TPSA) is 45.7 Å². The van der Waals surface area contributed by atoms with Gasteiger partial charge in [-0.2, -0.15) is 0 Å². The summed E-state index contributed by atoms with van der Waals surface area (Å²) < 4.78 is 5.43. The monoisotopic (exact) mass is 291 g/mol. The van der Waals surface area contributed by atoms with Crippen molar-refractivity contribution in [2.45, 2.75) is 45.3 Å². The third-order valence-electron chi connectivity index (χ3n) is 3.67. The van der Waals surface area contributed by atoms with Crippen LogP contribution in [-0.2, 0) is 4.74 Å². The van der Waals surface area contributed by atoms with Gasteiger partial charge < -0.3 is 14.5 Å². The lowest BCUT2D eigenvalue weighted by Gasteiger charge is -2.37. The van der Waals surface area contributed by atoms with E-state index in [-0.39, 0.29) is 12.1 Å². The van der Waals surface area contributed by atoms with Crippen LogP contribution >= 0.6 is 0 Å². The maximum atomic E-state index is 12.1. The summed E-state index contributed by atoms with van der Waals surface area (Å²) in [5, 5.41) is 0. The number of rotatable bonds is 2. The van der Waals surface area contributed by atoms with Crippen LogP contribution in [0.5, 0.6) is 0 Å². The van der Waals surface area contributed by atoms with Crippen molar-refractivity contribution in [2.24, 2.45) is 0 Å². The Balaban J connectivity index is 1.87. The van der Waals surface area contributed by atoms with Gasteiger partial charge in [-0.05, 0) is 45.7 Å². The molecule has 5 nitrogen and oxygen atoms in total. The first-order chi connectivity index (χ1) is 9.87. The molecule has 0 N–H and O–H groups in total. The average Bonchev–Trinajstić information content (AvgIpc) is 2.46. The number of ether oxygens (including phenoxy) is 1. The molecule has 0 radical (unpaired) electrons. The van der Waals surface area contributed by atoms with Crippen molar-refractivity contribution >= 4 is 11.9 Å². The number of carbonyl (C=O) groups excluding carboxylic acids is 1. The van der Waals surface area contributed by atoms with Gasteiger partial charge in [-0.15, -0.1) is 0 Å². The van der Waals surface area contributed by atoms with Crippen LogP contribution in [0.1, 0.15) is 33.6 Å². The highest BCUT2D eigenvalue weighted by atomic mass is 16.6. The van der Waals surface area contributed by atoms with E-state index >= 15 is 0 Å². The quantitative estimate of drug-likeness (QED) is 0.840. The highest BCUT2D eigenvalue weighted by Crippen LogP contribution is 2.21. The SMILES string of the molecule is CN(C(=O)OC(C)(C)C)C1CCN(c2ccccn2)CC1. The molecule has 0 aromatic carbocycles. The molecule has 1 amide bonds. The van der Waals surface area contributed by atoms with Crippen LogP contribution in [0, 0.1) is 0 Å². The number of pyridine rings is 1. The number of carbonyl (C=O) groups is 1. The van der Waals surface area contributed by atoms with Crippen molar-refractivity contribution in [3.8, 4) is 0 Å². The number of hydrogen-bond donors (Lipinski definition) is 0. The van der Waals surface area contributed by atoms with Crippen LogP contribution in [0.4, 0.5) is 10.6 Å². The third-order valence-corrected chi connectivity index (χ3v) is 3.67. The molecule has 1 saturated heterocycles. The van der Waals surface area contributed by atoms with Crippen LogP contribution < -0.4 is 4.90 Å². The molecular formula is C16H25N3O2. The largest absolute Gasteiger partial charge is 0.444 e. The van der Waals surface area contributed by atoms with E-state index in [4.69, 9.17) is 4.74 Å². The minimum absolute atomic E-state index is 0.236. The molecule has 0 unspecified atom stereocenters. The van der Waals surface area contributed by atoms with Crippen LogP contribution in [0.3, 0.4) is 0 Å². The van der Waals surface area contributed by atoms with Gasteiger partial charge in [0.1, 0.15) is 11.4 Å². The Morgan fingerprint density at radius 2 is 2.00 bits per heavy atom. The molecular weight excluding hydrogens is 266 g/mol. The summed E-state index contributed by atoms with van der Waals surface area (Å²) in [6, 6.07) is 6.19. The standard InChI is InChI=1S/C16H25N3O2/c1-16(2,3)21-15(20)18(4)13-8-11-19(12-9-13)14-7-5-6-10-17-14/h5-7,10,13H,8-9,11-12H2,1-4H3. The lowest BCUT2D eigenvalue weighted by atomic mass is 10.0. The second-order valence-electron chi connectivity index (χ2n) is 6.50. The molecule has 0 saturated carbocycles. The second kappa shape index (κ2) is 6.33. The zero-order valence-electron chi connectivity index (χ0n) is 13.4. The second-order valence-corrected chi connectivity index (χ2v) is 6.50. The van der Waals surface area contributed by atoms with Crippen LogP contribution in [-0.4, -0.2) is 47.8 Å². The first kappa shape index (κ1) is 15.6. The van der Waals surface area contributed by atoms with E-state index in [1.54, 1.807) is 4.90 Å². The highest BCUT2D eigenvalue weighted by molar-refractivity contribution is 5.68. The van der Waals surface area contributed by atoms with Gasteiger partial charge in [-0.25, -0.2) is 9.78 Å². The smallest absolute Gasteiger partial charge is 0.410 e. The molecule has 1 aromatic rings. The number of anilines is 1. The molecule has 2 heterocycles. The molecule has 0 aliphatic carbocycles. The van der Waals surface area contributed by atoms with Crippen LogP contribution in [0.2, 0.25) is 0 Å². The molecule has 1 aliphatic rings. The van der Waals surface area contributed by atoms with E-state index in [9.17, 15) is 4.79 Å². The molecule has 0 atom stereocenters. The van der Waals surface area contributed by atoms with Gasteiger partial charge in [0.05, 0.1) is 0 Å². The Hall–Kier alpha value is -1.78. The lowest BCUT2D eigenvalue weighted by molar-refractivity contribution is 0.0201. The molecule has 1 aromatic heterocycles. The maximum absolute atomic E-state index is 12.1. The minimum Gasteiger partial charge on any atom is -0.444 e. The summed E-state index contributed by atoms with van der Waals surface area (Å²) in [7, 11) is 1.83. The van der Waals surface area contributed by atoms with Crippen molar-refractivity contribution < 1.29 is 9.53 Å². The molecule has 5 heteroatoms. The predicted molar refractivity (Wildman–Crippen MR) is 83.5 cm³/mol. The van der Waals surface area contributed by atoms with E-state index in [1.807, 2.05) is 52.2 Å². The van der Waals surface area contributed by atoms with E-state index < -0.39 is 5.60 Å². The average molecular weight is 291 g/mol. The fraction of sp³-hybridized carbons (Fsp3) is 0.625. The normalized spacial score (nSPS) is 16.7. The Labute approximate surface area is 126 Å². The molecule has 116 valence electrons. The third kappa shape index (κ3) is 4.34. The summed E-state index contributed by atoms with van der Waals surface area (Å²) in [5.74, 6) is 1.01. The Bertz CT molecular complexity index is 462. The number of hydrogen-bond acceptors (Lipinski definition) is 4. The fourth-order valence-electron chi connectivity index (χ4n) is 2.51. The van der Waals surface area contributed by atoms with Gasteiger partial charge in [-0.3, -0.25) is 0 Å². The highest BCUT2D eigenvalue weighted by Gasteiger charge is 2.28. The Morgan fingerprint density at radius 3 is 2.52 bits per heavy atom. The zero-order chi connectivity index (χ0) is 15.5. The van der Waals surface area contributed by atoms with E-state index in [0.717, 1.165) is 31.7 Å². The maximum Gasteiger partial charge on any atom is 0.410 e. The summed E-state index contributed by atoms with van der Waals surface area (Å²) in [5.41, 5.74) is -0.444. The van der Waals surface area contributed by atoms with E-state index in [0.29, 0.717) is 0 Å².